The molecule has 2 atom stereocenters. The maximum atomic E-state index is 11.2. The van der Waals surface area contributed by atoms with E-state index in [4.69, 9.17) is 11.5 Å². The number of nitrogens with two attached hydrogens (primary N) is 2. The van der Waals surface area contributed by atoms with Crippen molar-refractivity contribution in [1.82, 2.24) is 0 Å². The predicted molar refractivity (Wildman–Crippen MR) is 69.8 cm³/mol. The molecule has 1 fully saturated rings. The van der Waals surface area contributed by atoms with Crippen molar-refractivity contribution < 1.29 is 4.79 Å². The van der Waals surface area contributed by atoms with Crippen LogP contribution >= 0.6 is 0 Å². The Morgan fingerprint density at radius 1 is 1.41 bits per heavy atom. The highest BCUT2D eigenvalue weighted by Gasteiger charge is 2.23. The summed E-state index contributed by atoms with van der Waals surface area (Å²) in [7, 11) is 0. The Kier molecular flexibility index (Phi) is 3.22. The number of carbonyl (C=O) groups excluding carboxylic acids is 1. The Morgan fingerprint density at radius 2 is 2.18 bits per heavy atom. The fourth-order valence-electron chi connectivity index (χ4n) is 2.47. The quantitative estimate of drug-likeness (QED) is 0.698. The van der Waals surface area contributed by atoms with Crippen molar-refractivity contribution >= 4 is 17.3 Å². The molecule has 1 amide bonds. The molecule has 0 saturated heterocycles. The minimum Gasteiger partial charge on any atom is -0.396 e. The molecule has 0 bridgehead atoms. The lowest BCUT2D eigenvalue weighted by Crippen LogP contribution is -2.23. The highest BCUT2D eigenvalue weighted by atomic mass is 16.1. The normalized spacial score (nSPS) is 23.6. The van der Waals surface area contributed by atoms with Crippen LogP contribution in [-0.4, -0.2) is 11.9 Å². The van der Waals surface area contributed by atoms with E-state index < -0.39 is 5.91 Å². The smallest absolute Gasteiger partial charge is 0.250 e. The van der Waals surface area contributed by atoms with E-state index >= 15 is 0 Å². The van der Waals surface area contributed by atoms with Crippen LogP contribution in [0.15, 0.2) is 18.2 Å². The molecular formula is C13H19N3O. The van der Waals surface area contributed by atoms with Crippen LogP contribution in [-0.2, 0) is 0 Å². The van der Waals surface area contributed by atoms with E-state index in [0.29, 0.717) is 23.2 Å². The summed E-state index contributed by atoms with van der Waals surface area (Å²) >= 11 is 0. The highest BCUT2D eigenvalue weighted by Crippen LogP contribution is 2.30. The van der Waals surface area contributed by atoms with Crippen LogP contribution in [0, 0.1) is 5.92 Å². The van der Waals surface area contributed by atoms with Gasteiger partial charge in [-0.3, -0.25) is 4.79 Å². The molecule has 2 rings (SSSR count). The standard InChI is InChI=1S/C13H19N3O/c1-8-4-2-6-10(8)16-11-7-3-5-9(12(11)14)13(15)17/h3,5,7-8,10,16H,2,4,6,14H2,1H3,(H2,15,17). The number of rotatable bonds is 3. The first-order valence-electron chi connectivity index (χ1n) is 6.04. The zero-order valence-corrected chi connectivity index (χ0v) is 10.1. The second-order valence-corrected chi connectivity index (χ2v) is 4.79. The minimum absolute atomic E-state index is 0.389. The molecular weight excluding hydrogens is 214 g/mol. The van der Waals surface area contributed by atoms with Crippen LogP contribution in [0.4, 0.5) is 11.4 Å². The van der Waals surface area contributed by atoms with Crippen molar-refractivity contribution in [2.24, 2.45) is 11.7 Å². The lowest BCUT2D eigenvalue weighted by molar-refractivity contribution is 0.100. The number of hydrogen-bond acceptors (Lipinski definition) is 3. The van der Waals surface area contributed by atoms with Crippen LogP contribution in [0.1, 0.15) is 36.5 Å². The van der Waals surface area contributed by atoms with Gasteiger partial charge in [-0.25, -0.2) is 0 Å². The Bertz CT molecular complexity index is 431. The predicted octanol–water partition coefficient (Wildman–Crippen LogP) is 1.97. The summed E-state index contributed by atoms with van der Waals surface area (Å²) < 4.78 is 0. The zero-order valence-electron chi connectivity index (χ0n) is 10.1. The molecule has 2 unspecified atom stereocenters. The number of carbonyl (C=O) groups is 1. The number of primary amides is 1. The lowest BCUT2D eigenvalue weighted by Gasteiger charge is -2.20. The molecule has 1 aromatic carbocycles. The van der Waals surface area contributed by atoms with Gasteiger partial charge >= 0.3 is 0 Å². The molecule has 0 aliphatic heterocycles. The summed E-state index contributed by atoms with van der Waals surface area (Å²) in [4.78, 5) is 11.2. The number of nitrogens with one attached hydrogen (secondary N) is 1. The third kappa shape index (κ3) is 2.35. The average molecular weight is 233 g/mol. The van der Waals surface area contributed by atoms with Crippen LogP contribution in [0.3, 0.4) is 0 Å². The molecule has 0 radical (unpaired) electrons. The second kappa shape index (κ2) is 4.65. The Balaban J connectivity index is 2.21. The van der Waals surface area contributed by atoms with E-state index in [0.717, 1.165) is 12.1 Å². The van der Waals surface area contributed by atoms with E-state index in [-0.39, 0.29) is 0 Å². The van der Waals surface area contributed by atoms with E-state index in [1.807, 2.05) is 6.07 Å². The summed E-state index contributed by atoms with van der Waals surface area (Å²) in [5.74, 6) is 0.164. The number of amides is 1. The van der Waals surface area contributed by atoms with E-state index in [9.17, 15) is 4.79 Å². The van der Waals surface area contributed by atoms with E-state index in [1.165, 1.54) is 12.8 Å². The third-order valence-corrected chi connectivity index (χ3v) is 3.57. The third-order valence-electron chi connectivity index (χ3n) is 3.57. The Labute approximate surface area is 101 Å². The molecule has 4 heteroatoms. The van der Waals surface area contributed by atoms with Gasteiger partial charge in [0.15, 0.2) is 0 Å². The molecule has 17 heavy (non-hydrogen) atoms. The van der Waals surface area contributed by atoms with Crippen molar-refractivity contribution in [3.63, 3.8) is 0 Å². The van der Waals surface area contributed by atoms with Gasteiger partial charge in [0.1, 0.15) is 0 Å². The zero-order chi connectivity index (χ0) is 12.4. The van der Waals surface area contributed by atoms with Crippen LogP contribution in [0.2, 0.25) is 0 Å². The highest BCUT2D eigenvalue weighted by molar-refractivity contribution is 6.00. The van der Waals surface area contributed by atoms with Gasteiger partial charge in [-0.2, -0.15) is 0 Å². The minimum atomic E-state index is -0.481. The summed E-state index contributed by atoms with van der Waals surface area (Å²) in [5, 5.41) is 3.42. The maximum Gasteiger partial charge on any atom is 0.250 e. The first-order chi connectivity index (χ1) is 8.09. The first-order valence-corrected chi connectivity index (χ1v) is 6.04. The molecule has 0 spiro atoms. The molecule has 0 heterocycles. The Hall–Kier alpha value is -1.71. The number of hydrogen-bond donors (Lipinski definition) is 3. The summed E-state index contributed by atoms with van der Waals surface area (Å²) in [6.07, 6.45) is 3.64. The van der Waals surface area contributed by atoms with Crippen molar-refractivity contribution in [2.45, 2.75) is 32.2 Å². The molecule has 92 valence electrons. The largest absolute Gasteiger partial charge is 0.396 e. The molecule has 1 aromatic rings. The van der Waals surface area contributed by atoms with Gasteiger partial charge in [-0.1, -0.05) is 19.4 Å². The number of nitrogen functional groups attached to an aromatic ring is 1. The van der Waals surface area contributed by atoms with E-state index in [1.54, 1.807) is 12.1 Å². The number of benzene rings is 1. The fourth-order valence-corrected chi connectivity index (χ4v) is 2.47. The van der Waals surface area contributed by atoms with Crippen LogP contribution in [0.5, 0.6) is 0 Å². The molecule has 1 aliphatic carbocycles. The van der Waals surface area contributed by atoms with Crippen molar-refractivity contribution in [1.29, 1.82) is 0 Å². The average Bonchev–Trinajstić information content (AvgIpc) is 2.67. The number of anilines is 2. The summed E-state index contributed by atoms with van der Waals surface area (Å²) in [6, 6.07) is 5.80. The van der Waals surface area contributed by atoms with Crippen LogP contribution < -0.4 is 16.8 Å². The van der Waals surface area contributed by atoms with Gasteiger partial charge < -0.3 is 16.8 Å². The fraction of sp³-hybridized carbons (Fsp3) is 0.462. The topological polar surface area (TPSA) is 81.1 Å². The molecule has 0 aromatic heterocycles. The SMILES string of the molecule is CC1CCCC1Nc1cccc(C(N)=O)c1N. The van der Waals surface area contributed by atoms with Gasteiger partial charge in [0.2, 0.25) is 0 Å². The summed E-state index contributed by atoms with van der Waals surface area (Å²) in [5.41, 5.74) is 12.9. The maximum absolute atomic E-state index is 11.2. The van der Waals surface area contributed by atoms with Gasteiger partial charge in [0.25, 0.3) is 5.91 Å². The molecule has 1 aliphatic rings. The monoisotopic (exact) mass is 233 g/mol. The Morgan fingerprint density at radius 3 is 2.76 bits per heavy atom. The second-order valence-electron chi connectivity index (χ2n) is 4.79. The van der Waals surface area contributed by atoms with Crippen LogP contribution in [0.25, 0.3) is 0 Å². The van der Waals surface area contributed by atoms with Gasteiger partial charge in [0.05, 0.1) is 16.9 Å². The van der Waals surface area contributed by atoms with Crippen molar-refractivity contribution in [2.75, 3.05) is 11.1 Å². The van der Waals surface area contributed by atoms with E-state index in [2.05, 4.69) is 12.2 Å². The molecule has 1 saturated carbocycles. The van der Waals surface area contributed by atoms with Gasteiger partial charge in [0, 0.05) is 6.04 Å². The molecule has 5 N–H and O–H groups in total. The molecule has 4 nitrogen and oxygen atoms in total. The summed E-state index contributed by atoms with van der Waals surface area (Å²) in [6.45, 7) is 2.23. The van der Waals surface area contributed by atoms with Gasteiger partial charge in [-0.15, -0.1) is 0 Å². The van der Waals surface area contributed by atoms with Crippen molar-refractivity contribution in [3.8, 4) is 0 Å². The van der Waals surface area contributed by atoms with Crippen molar-refractivity contribution in [3.05, 3.63) is 23.8 Å². The first kappa shape index (κ1) is 11.8. The lowest BCUT2D eigenvalue weighted by atomic mass is 10.0. The van der Waals surface area contributed by atoms with Gasteiger partial charge in [-0.05, 0) is 30.9 Å². The number of para-hydroxylation sites is 1.